The summed E-state index contributed by atoms with van der Waals surface area (Å²) in [6.45, 7) is 13.3. The number of pyridine rings is 2. The Morgan fingerprint density at radius 2 is 1.73 bits per heavy atom. The molecule has 6 bridgehead atoms. The average Bonchev–Trinajstić information content (AvgIpc) is 3.94. The van der Waals surface area contributed by atoms with Crippen molar-refractivity contribution in [1.29, 1.82) is 0 Å². The summed E-state index contributed by atoms with van der Waals surface area (Å²) in [4.78, 5) is 53.9. The van der Waals surface area contributed by atoms with Gasteiger partial charge in [-0.15, -0.1) is 0 Å². The molecule has 5 atom stereocenters. The Labute approximate surface area is 429 Å². The van der Waals surface area contributed by atoms with Crippen LogP contribution in [-0.2, 0) is 43.2 Å². The second kappa shape index (κ2) is 24.2. The quantitative estimate of drug-likeness (QED) is 0.168. The molecule has 1 aromatic carbocycles. The molecule has 0 unspecified atom stereocenters. The number of hydrazine groups is 1. The molecule has 0 radical (unpaired) electrons. The minimum absolute atomic E-state index is 0. The standard InChI is InChI=1S/C48H61F2N7O5.5H2S/c1-8-56-41-12-11-30-20-35(41)37(43(56)36-21-32(25-51-42(36)28(3)61-7)29-13-16-55(6)17-14-29)24-48(4,5)26-62-47(60)38-10-9-15-57(54-38)46(59)40(53-45(58)34-18-27(34)2)23-33-19-31(44(49)50)22-39(30)52-33;;;;;/h11-12,19-22,25,27-29,34,38,40,44,54H,8-10,13-18,23-24,26H2,1-7H3,(H,53,58);5*1H2/t27-,28-,34-,38-,40-;;;;;/m0...../s1. The van der Waals surface area contributed by atoms with E-state index in [9.17, 15) is 23.2 Å². The first kappa shape index (κ1) is 58.3. The number of fused-ring (bicyclic) bond motifs is 6. The van der Waals surface area contributed by atoms with E-state index in [1.807, 2.05) is 38.2 Å². The molecule has 19 heteroatoms. The van der Waals surface area contributed by atoms with Gasteiger partial charge in [-0.05, 0) is 126 Å². The number of aryl methyl sites for hydroxylation is 1. The zero-order valence-corrected chi connectivity index (χ0v) is 44.6. The molecule has 6 heterocycles. The third kappa shape index (κ3) is 12.7. The number of amides is 2. The van der Waals surface area contributed by atoms with Crippen molar-refractivity contribution < 1.29 is 32.6 Å². The number of rotatable bonds is 8. The summed E-state index contributed by atoms with van der Waals surface area (Å²) in [6, 6.07) is 9.10. The molecule has 4 aromatic rings. The van der Waals surface area contributed by atoms with Crippen LogP contribution in [0.15, 0.2) is 42.6 Å². The molecule has 2 saturated heterocycles. The van der Waals surface area contributed by atoms with Crippen LogP contribution < -0.4 is 10.7 Å². The minimum atomic E-state index is -2.81. The Kier molecular flexibility index (Phi) is 21.0. The molecule has 4 aliphatic rings. The number of carbonyl (C=O) groups is 3. The molecular weight excluding hydrogens is 953 g/mol. The first-order chi connectivity index (χ1) is 29.6. The highest BCUT2D eigenvalue weighted by Crippen LogP contribution is 2.44. The lowest BCUT2D eigenvalue weighted by Gasteiger charge is -2.35. The smallest absolute Gasteiger partial charge is 0.324 e. The number of cyclic esters (lactones) is 1. The molecule has 12 nitrogen and oxygen atoms in total. The third-order valence-corrected chi connectivity index (χ3v) is 13.5. The van der Waals surface area contributed by atoms with E-state index in [0.717, 1.165) is 59.3 Å². The number of piperidine rings is 1. The number of benzene rings is 1. The molecule has 3 fully saturated rings. The first-order valence-corrected chi connectivity index (χ1v) is 22.3. The number of likely N-dealkylation sites (tertiary alicyclic amines) is 1. The van der Waals surface area contributed by atoms with E-state index < -0.39 is 35.8 Å². The van der Waals surface area contributed by atoms with E-state index in [2.05, 4.69) is 54.1 Å². The summed E-state index contributed by atoms with van der Waals surface area (Å²) in [6.07, 6.45) is 3.03. The van der Waals surface area contributed by atoms with Gasteiger partial charge in [-0.25, -0.2) is 14.2 Å². The monoisotopic (exact) mass is 1020 g/mol. The fraction of sp³-hybridized carbons (Fsp3) is 0.562. The number of ether oxygens (including phenoxy) is 2. The van der Waals surface area contributed by atoms with Crippen molar-refractivity contribution in [1.82, 2.24) is 35.2 Å². The van der Waals surface area contributed by atoms with Crippen molar-refractivity contribution in [3.63, 3.8) is 0 Å². The van der Waals surface area contributed by atoms with Crippen LogP contribution in [0.4, 0.5) is 8.78 Å². The molecule has 3 aliphatic heterocycles. The number of halogens is 2. The number of hydrogen-bond acceptors (Lipinski definition) is 9. The summed E-state index contributed by atoms with van der Waals surface area (Å²) < 4.78 is 43.9. The molecule has 8 rings (SSSR count). The van der Waals surface area contributed by atoms with E-state index >= 15 is 0 Å². The summed E-state index contributed by atoms with van der Waals surface area (Å²) in [5.74, 6) is -0.881. The highest BCUT2D eigenvalue weighted by molar-refractivity contribution is 7.60. The predicted molar refractivity (Wildman–Crippen MR) is 285 cm³/mol. The third-order valence-electron chi connectivity index (χ3n) is 13.5. The van der Waals surface area contributed by atoms with Crippen molar-refractivity contribution >= 4 is 96.2 Å². The summed E-state index contributed by atoms with van der Waals surface area (Å²) >= 11 is 0. The second-order valence-electron chi connectivity index (χ2n) is 18.9. The Bertz CT molecular complexity index is 2370. The number of nitrogens with one attached hydrogen (secondary N) is 2. The van der Waals surface area contributed by atoms with Crippen LogP contribution >= 0.6 is 67.5 Å². The second-order valence-corrected chi connectivity index (χ2v) is 18.9. The Balaban J connectivity index is 0.00000238. The lowest BCUT2D eigenvalue weighted by molar-refractivity contribution is -0.155. The number of alkyl halides is 2. The van der Waals surface area contributed by atoms with Crippen molar-refractivity contribution in [2.24, 2.45) is 17.3 Å². The lowest BCUT2D eigenvalue weighted by atomic mass is 9.83. The van der Waals surface area contributed by atoms with Crippen molar-refractivity contribution in [3.05, 3.63) is 70.7 Å². The lowest BCUT2D eigenvalue weighted by Crippen LogP contribution is -2.60. The molecule has 3 aromatic heterocycles. The van der Waals surface area contributed by atoms with Gasteiger partial charge in [0.25, 0.3) is 12.3 Å². The highest BCUT2D eigenvalue weighted by Gasteiger charge is 2.42. The maximum atomic E-state index is 14.8. The summed E-state index contributed by atoms with van der Waals surface area (Å²) in [7, 11) is 3.85. The molecule has 0 spiro atoms. The summed E-state index contributed by atoms with van der Waals surface area (Å²) in [5, 5.41) is 5.22. The van der Waals surface area contributed by atoms with E-state index in [-0.39, 0.29) is 116 Å². The van der Waals surface area contributed by atoms with Crippen LogP contribution in [-0.4, -0.2) is 94.7 Å². The zero-order valence-electron chi connectivity index (χ0n) is 39.6. The van der Waals surface area contributed by atoms with Crippen molar-refractivity contribution in [2.75, 3.05) is 40.4 Å². The Morgan fingerprint density at radius 1 is 1.03 bits per heavy atom. The van der Waals surface area contributed by atoms with Gasteiger partial charge < -0.3 is 24.3 Å². The van der Waals surface area contributed by atoms with Crippen molar-refractivity contribution in [3.8, 4) is 22.5 Å². The van der Waals surface area contributed by atoms with Gasteiger partial charge in [0.05, 0.1) is 29.8 Å². The van der Waals surface area contributed by atoms with Crippen LogP contribution in [0, 0.1) is 17.3 Å². The predicted octanol–water partition coefficient (Wildman–Crippen LogP) is 8.11. The number of hydrogen-bond donors (Lipinski definition) is 2. The first-order valence-electron chi connectivity index (χ1n) is 22.3. The fourth-order valence-corrected chi connectivity index (χ4v) is 9.65. The molecular formula is C48H71F2N7O5S5. The zero-order chi connectivity index (χ0) is 44.0. The maximum absolute atomic E-state index is 14.8. The fourth-order valence-electron chi connectivity index (χ4n) is 9.65. The van der Waals surface area contributed by atoms with Crippen molar-refractivity contribution in [2.45, 2.75) is 117 Å². The van der Waals surface area contributed by atoms with Crippen LogP contribution in [0.25, 0.3) is 33.4 Å². The summed E-state index contributed by atoms with van der Waals surface area (Å²) in [5.41, 5.74) is 9.47. The molecule has 67 heavy (non-hydrogen) atoms. The Hall–Kier alpha value is -3.04. The van der Waals surface area contributed by atoms with Crippen LogP contribution in [0.3, 0.4) is 0 Å². The normalized spacial score (nSPS) is 22.4. The van der Waals surface area contributed by atoms with Gasteiger partial charge in [0.1, 0.15) is 12.1 Å². The van der Waals surface area contributed by atoms with Gasteiger partial charge in [-0.3, -0.25) is 29.4 Å². The van der Waals surface area contributed by atoms with Crippen LogP contribution in [0.1, 0.15) is 113 Å². The van der Waals surface area contributed by atoms with Gasteiger partial charge in [0, 0.05) is 77.4 Å². The molecule has 2 N–H and O–H groups in total. The highest BCUT2D eigenvalue weighted by atomic mass is 32.1. The number of carbonyl (C=O) groups excluding carboxylic acids is 3. The largest absolute Gasteiger partial charge is 0.464 e. The molecule has 2 amide bonds. The number of esters is 1. The number of nitrogens with zero attached hydrogens (tertiary/aromatic N) is 5. The van der Waals surface area contributed by atoms with Gasteiger partial charge in [0.15, 0.2) is 0 Å². The average molecular weight is 1020 g/mol. The maximum Gasteiger partial charge on any atom is 0.324 e. The van der Waals surface area contributed by atoms with Gasteiger partial charge in [-0.1, -0.05) is 26.8 Å². The topological polar surface area (TPSA) is 131 Å². The van der Waals surface area contributed by atoms with E-state index in [1.165, 1.54) is 22.7 Å². The van der Waals surface area contributed by atoms with Gasteiger partial charge >= 0.3 is 5.97 Å². The molecule has 1 saturated carbocycles. The van der Waals surface area contributed by atoms with Gasteiger partial charge in [-0.2, -0.15) is 67.5 Å². The van der Waals surface area contributed by atoms with E-state index in [0.29, 0.717) is 55.9 Å². The SMILES string of the molecule is CCn1c(-c2cc(C3CCN(C)CC3)cnc2[C@H](C)OC)c2c3cc(ccc31)-c1cc(C(F)F)cc(n1)C[C@H](NC(=O)[C@H]1C[C@@H]1C)C(=O)N1CCC[C@H](N1)C(=O)OCC(C)(C)C2.S.S.S.S.S. The van der Waals surface area contributed by atoms with Crippen LogP contribution in [0.5, 0.6) is 0 Å². The number of methoxy groups -OCH3 is 1. The molecule has 1 aliphatic carbocycles. The number of aromatic nitrogens is 3. The van der Waals surface area contributed by atoms with Crippen LogP contribution in [0.2, 0.25) is 0 Å². The minimum Gasteiger partial charge on any atom is -0.464 e. The molecule has 372 valence electrons. The Morgan fingerprint density at radius 3 is 2.37 bits per heavy atom. The van der Waals surface area contributed by atoms with E-state index in [4.69, 9.17) is 19.4 Å². The van der Waals surface area contributed by atoms with E-state index in [1.54, 1.807) is 7.11 Å². The van der Waals surface area contributed by atoms with Gasteiger partial charge in [0.2, 0.25) is 5.91 Å².